The summed E-state index contributed by atoms with van der Waals surface area (Å²) in [6, 6.07) is 42.4. The maximum atomic E-state index is 14.2. The molecule has 0 aliphatic heterocycles. The summed E-state index contributed by atoms with van der Waals surface area (Å²) in [7, 11) is 0. The Balaban J connectivity index is 1.21. The largest absolute Gasteiger partial charge is 0.480 e. The van der Waals surface area contributed by atoms with Crippen LogP contribution in [0.1, 0.15) is 67.3 Å². The minimum absolute atomic E-state index is 0.0282. The Kier molecular flexibility index (Phi) is 14.1. The Morgan fingerprint density at radius 1 is 0.667 bits per heavy atom. The van der Waals surface area contributed by atoms with Crippen molar-refractivity contribution in [1.29, 1.82) is 0 Å². The maximum Gasteiger partial charge on any atom is 0.407 e. The van der Waals surface area contributed by atoms with E-state index in [4.69, 9.17) is 9.47 Å². The minimum atomic E-state index is -1.46. The summed E-state index contributed by atoms with van der Waals surface area (Å²) in [6.07, 6.45) is -1.31. The lowest BCUT2D eigenvalue weighted by Crippen LogP contribution is -2.54. The smallest absolute Gasteiger partial charge is 0.407 e. The lowest BCUT2D eigenvalue weighted by atomic mass is 9.84. The summed E-state index contributed by atoms with van der Waals surface area (Å²) < 4.78 is 10.1. The van der Waals surface area contributed by atoms with Gasteiger partial charge in [-0.25, -0.2) is 9.59 Å². The number of carbonyl (C=O) groups is 5. The van der Waals surface area contributed by atoms with Crippen molar-refractivity contribution >= 4 is 41.6 Å². The Hall–Kier alpha value is -6.40. The number of hydrogen-bond donors (Lipinski definition) is 4. The van der Waals surface area contributed by atoms with Crippen LogP contribution in [-0.2, 0) is 33.4 Å². The number of aliphatic carboxylic acids is 1. The van der Waals surface area contributed by atoms with Gasteiger partial charge in [-0.1, -0.05) is 140 Å². The molecular weight excluding hydrogens is 779 g/mol. The highest BCUT2D eigenvalue weighted by Crippen LogP contribution is 2.49. The third kappa shape index (κ3) is 10.6. The first kappa shape index (κ1) is 43.2. The van der Waals surface area contributed by atoms with E-state index in [1.165, 1.54) is 11.8 Å². The summed E-state index contributed by atoms with van der Waals surface area (Å²) in [5.41, 5.74) is 6.20. The number of esters is 1. The van der Waals surface area contributed by atoms with Gasteiger partial charge < -0.3 is 30.5 Å². The van der Waals surface area contributed by atoms with Crippen LogP contribution in [0.5, 0.6) is 0 Å². The average molecular weight is 828 g/mol. The molecule has 0 spiro atoms. The molecule has 12 heteroatoms. The number of carbonyl (C=O) groups excluding carboxylic acids is 4. The van der Waals surface area contributed by atoms with Crippen LogP contribution < -0.4 is 16.0 Å². The molecule has 0 saturated carbocycles. The van der Waals surface area contributed by atoms with E-state index in [-0.39, 0.29) is 31.1 Å². The predicted octanol–water partition coefficient (Wildman–Crippen LogP) is 7.43. The third-order valence-corrected chi connectivity index (χ3v) is 11.7. The molecule has 60 heavy (non-hydrogen) atoms. The van der Waals surface area contributed by atoms with Crippen LogP contribution in [0.2, 0.25) is 0 Å². The number of fused-ring (bicyclic) bond motifs is 3. The first-order valence-electron chi connectivity index (χ1n) is 19.8. The lowest BCUT2D eigenvalue weighted by molar-refractivity contribution is -0.155. The number of amides is 3. The summed E-state index contributed by atoms with van der Waals surface area (Å²) in [5, 5.41) is 17.9. The summed E-state index contributed by atoms with van der Waals surface area (Å²) >= 11 is 1.39. The van der Waals surface area contributed by atoms with E-state index >= 15 is 0 Å². The molecule has 4 N–H and O–H groups in total. The third-order valence-electron chi connectivity index (χ3n) is 10.1. The van der Waals surface area contributed by atoms with Crippen molar-refractivity contribution in [2.45, 2.75) is 62.0 Å². The molecule has 1 aliphatic carbocycles. The standard InChI is InChI=1S/C48H49N3O8S/c1-47(2,3)59-43(53)28-27-40(45(55)56)51-44(54)41(31-60-48(32-17-7-4-8-18-32,33-19-9-5-10-20-33)34-21-11-6-12-22-34)50-42(52)29-49-46(57)58-30-39-37-25-15-13-23-35(37)36-24-14-16-26-38(36)39/h4-26,39-41H,27-31H2,1-3H3,(H,49,57)(H,50,52)(H,51,54)(H,55,56)/t40-,41-/m0/s1. The predicted molar refractivity (Wildman–Crippen MR) is 231 cm³/mol. The van der Waals surface area contributed by atoms with Gasteiger partial charge in [0.15, 0.2) is 0 Å². The van der Waals surface area contributed by atoms with Crippen LogP contribution in [-0.4, -0.2) is 71.5 Å². The topological polar surface area (TPSA) is 160 Å². The number of nitrogens with one attached hydrogen (secondary N) is 3. The van der Waals surface area contributed by atoms with E-state index < -0.39 is 58.8 Å². The van der Waals surface area contributed by atoms with Crippen LogP contribution in [0.3, 0.4) is 0 Å². The zero-order valence-corrected chi connectivity index (χ0v) is 34.6. The van der Waals surface area contributed by atoms with E-state index in [1.54, 1.807) is 20.8 Å². The van der Waals surface area contributed by atoms with Crippen LogP contribution in [0.15, 0.2) is 140 Å². The second-order valence-corrected chi connectivity index (χ2v) is 16.6. The van der Waals surface area contributed by atoms with E-state index in [0.717, 1.165) is 38.9 Å². The zero-order chi connectivity index (χ0) is 42.7. The lowest BCUT2D eigenvalue weighted by Gasteiger charge is -2.36. The molecule has 0 unspecified atom stereocenters. The Morgan fingerprint density at radius 2 is 1.15 bits per heavy atom. The number of benzene rings is 5. The molecule has 0 aromatic heterocycles. The van der Waals surface area contributed by atoms with Gasteiger partial charge in [-0.3, -0.25) is 14.4 Å². The number of carboxylic acids is 1. The first-order chi connectivity index (χ1) is 28.9. The monoisotopic (exact) mass is 827 g/mol. The first-order valence-corrected chi connectivity index (χ1v) is 20.8. The molecule has 5 aromatic rings. The summed E-state index contributed by atoms with van der Waals surface area (Å²) in [4.78, 5) is 65.7. The van der Waals surface area contributed by atoms with Crippen molar-refractivity contribution in [2.24, 2.45) is 0 Å². The Labute approximate surface area is 354 Å². The molecule has 0 fully saturated rings. The molecular formula is C48H49N3O8S. The van der Waals surface area contributed by atoms with Crippen molar-refractivity contribution in [2.75, 3.05) is 18.9 Å². The van der Waals surface area contributed by atoms with Crippen molar-refractivity contribution in [3.05, 3.63) is 167 Å². The summed E-state index contributed by atoms with van der Waals surface area (Å²) in [6.45, 7) is 4.64. The molecule has 310 valence electrons. The van der Waals surface area contributed by atoms with Gasteiger partial charge in [0.2, 0.25) is 11.8 Å². The quantitative estimate of drug-likeness (QED) is 0.0553. The van der Waals surface area contributed by atoms with E-state index in [1.807, 2.05) is 140 Å². The van der Waals surface area contributed by atoms with Gasteiger partial charge in [0.1, 0.15) is 30.8 Å². The molecule has 1 aliphatic rings. The van der Waals surface area contributed by atoms with Gasteiger partial charge in [-0.2, -0.15) is 0 Å². The van der Waals surface area contributed by atoms with Gasteiger partial charge in [0.05, 0.1) is 4.75 Å². The Bertz CT molecular complexity index is 2140. The SMILES string of the molecule is CC(C)(C)OC(=O)CC[C@H](NC(=O)[C@H](CSC(c1ccccc1)(c1ccccc1)c1ccccc1)NC(=O)CNC(=O)OCC1c2ccccc2-c2ccccc21)C(=O)O. The van der Waals surface area contributed by atoms with Crippen LogP contribution in [0, 0.1) is 0 Å². The number of alkyl carbamates (subject to hydrolysis) is 1. The van der Waals surface area contributed by atoms with Gasteiger partial charge in [0, 0.05) is 18.1 Å². The number of hydrogen-bond acceptors (Lipinski definition) is 8. The molecule has 0 saturated heterocycles. The second-order valence-electron chi connectivity index (χ2n) is 15.4. The average Bonchev–Trinajstić information content (AvgIpc) is 3.57. The maximum absolute atomic E-state index is 14.2. The van der Waals surface area contributed by atoms with Gasteiger partial charge >= 0.3 is 18.0 Å². The molecule has 0 heterocycles. The highest BCUT2D eigenvalue weighted by atomic mass is 32.2. The number of thioether (sulfide) groups is 1. The fourth-order valence-electron chi connectivity index (χ4n) is 7.39. The molecule has 3 amide bonds. The van der Waals surface area contributed by atoms with Crippen LogP contribution in [0.4, 0.5) is 4.79 Å². The van der Waals surface area contributed by atoms with Crippen molar-refractivity contribution in [3.8, 4) is 11.1 Å². The van der Waals surface area contributed by atoms with E-state index in [9.17, 15) is 29.1 Å². The van der Waals surface area contributed by atoms with Gasteiger partial charge in [-0.15, -0.1) is 11.8 Å². The highest BCUT2D eigenvalue weighted by Gasteiger charge is 2.39. The second kappa shape index (κ2) is 19.6. The van der Waals surface area contributed by atoms with E-state index in [2.05, 4.69) is 16.0 Å². The minimum Gasteiger partial charge on any atom is -0.480 e. The normalized spacial score (nSPS) is 13.2. The highest BCUT2D eigenvalue weighted by molar-refractivity contribution is 8.00. The van der Waals surface area contributed by atoms with Gasteiger partial charge in [-0.05, 0) is 66.1 Å². The fraction of sp³-hybridized carbons (Fsp3) is 0.271. The molecule has 2 atom stereocenters. The van der Waals surface area contributed by atoms with Crippen molar-refractivity contribution in [1.82, 2.24) is 16.0 Å². The fourth-order valence-corrected chi connectivity index (χ4v) is 8.95. The zero-order valence-electron chi connectivity index (χ0n) is 33.8. The summed E-state index contributed by atoms with van der Waals surface area (Å²) in [5.74, 6) is -3.65. The number of rotatable bonds is 17. The van der Waals surface area contributed by atoms with E-state index in [0.29, 0.717) is 0 Å². The Morgan fingerprint density at radius 3 is 1.63 bits per heavy atom. The molecule has 11 nitrogen and oxygen atoms in total. The van der Waals surface area contributed by atoms with Crippen LogP contribution >= 0.6 is 11.8 Å². The molecule has 6 rings (SSSR count). The molecule has 0 radical (unpaired) electrons. The number of carboxylic acid groups (broad SMARTS) is 1. The van der Waals surface area contributed by atoms with Gasteiger partial charge in [0.25, 0.3) is 0 Å². The number of ether oxygens (including phenoxy) is 2. The van der Waals surface area contributed by atoms with Crippen LogP contribution in [0.25, 0.3) is 11.1 Å². The molecule has 0 bridgehead atoms. The van der Waals surface area contributed by atoms with Crippen molar-refractivity contribution in [3.63, 3.8) is 0 Å². The molecule has 5 aromatic carbocycles. The van der Waals surface area contributed by atoms with Crippen molar-refractivity contribution < 1.29 is 38.6 Å².